The van der Waals surface area contributed by atoms with Gasteiger partial charge in [-0.25, -0.2) is 0 Å². The molecule has 1 atom stereocenters. The predicted molar refractivity (Wildman–Crippen MR) is 78.5 cm³/mol. The molecule has 0 bridgehead atoms. The van der Waals surface area contributed by atoms with Crippen molar-refractivity contribution < 1.29 is 9.53 Å². The number of rotatable bonds is 7. The minimum absolute atomic E-state index is 0.0151. The maximum atomic E-state index is 11.9. The van der Waals surface area contributed by atoms with E-state index in [4.69, 9.17) is 4.74 Å². The van der Waals surface area contributed by atoms with Crippen molar-refractivity contribution in [2.75, 3.05) is 18.2 Å². The van der Waals surface area contributed by atoms with Crippen LogP contribution in [0.25, 0.3) is 0 Å². The fourth-order valence-corrected chi connectivity index (χ4v) is 2.42. The summed E-state index contributed by atoms with van der Waals surface area (Å²) >= 11 is 1.70. The minimum Gasteiger partial charge on any atom is -0.497 e. The van der Waals surface area contributed by atoms with Gasteiger partial charge in [0.2, 0.25) is 5.91 Å². The SMILES string of the molecule is CCCCSC(C)C(=O)Nc1ccc(OC)cc1. The van der Waals surface area contributed by atoms with Crippen molar-refractivity contribution in [3.05, 3.63) is 24.3 Å². The van der Waals surface area contributed by atoms with Crippen LogP contribution >= 0.6 is 11.8 Å². The smallest absolute Gasteiger partial charge is 0.237 e. The number of benzene rings is 1. The van der Waals surface area contributed by atoms with Crippen molar-refractivity contribution in [2.45, 2.75) is 31.9 Å². The van der Waals surface area contributed by atoms with Gasteiger partial charge >= 0.3 is 0 Å². The number of hydrogen-bond acceptors (Lipinski definition) is 3. The van der Waals surface area contributed by atoms with Gasteiger partial charge in [-0.2, -0.15) is 0 Å². The van der Waals surface area contributed by atoms with Crippen LogP contribution < -0.4 is 10.1 Å². The number of methoxy groups -OCH3 is 1. The molecule has 100 valence electrons. The Bertz CT molecular complexity index is 365. The summed E-state index contributed by atoms with van der Waals surface area (Å²) in [4.78, 5) is 11.9. The van der Waals surface area contributed by atoms with Crippen LogP contribution in [-0.4, -0.2) is 24.0 Å². The molecular formula is C14H21NO2S. The number of carbonyl (C=O) groups is 1. The van der Waals surface area contributed by atoms with E-state index in [9.17, 15) is 4.79 Å². The van der Waals surface area contributed by atoms with E-state index in [2.05, 4.69) is 12.2 Å². The fraction of sp³-hybridized carbons (Fsp3) is 0.500. The third kappa shape index (κ3) is 5.00. The van der Waals surface area contributed by atoms with E-state index in [-0.39, 0.29) is 11.2 Å². The third-order valence-corrected chi connectivity index (χ3v) is 3.83. The molecule has 3 nitrogen and oxygen atoms in total. The van der Waals surface area contributed by atoms with Crippen molar-refractivity contribution in [3.8, 4) is 5.75 Å². The van der Waals surface area contributed by atoms with Crippen LogP contribution in [0, 0.1) is 0 Å². The molecule has 0 heterocycles. The second-order valence-corrected chi connectivity index (χ2v) is 5.53. The van der Waals surface area contributed by atoms with E-state index in [0.717, 1.165) is 23.6 Å². The fourth-order valence-electron chi connectivity index (χ4n) is 1.40. The van der Waals surface area contributed by atoms with Crippen LogP contribution in [0.3, 0.4) is 0 Å². The van der Waals surface area contributed by atoms with E-state index in [0.29, 0.717) is 0 Å². The average Bonchev–Trinajstić information content (AvgIpc) is 2.39. The summed E-state index contributed by atoms with van der Waals surface area (Å²) in [5.74, 6) is 1.88. The van der Waals surface area contributed by atoms with Gasteiger partial charge in [-0.05, 0) is 43.4 Å². The molecule has 1 unspecified atom stereocenters. The Morgan fingerprint density at radius 2 is 2.06 bits per heavy atom. The number of anilines is 1. The highest BCUT2D eigenvalue weighted by atomic mass is 32.2. The van der Waals surface area contributed by atoms with Gasteiger partial charge in [0.25, 0.3) is 0 Å². The third-order valence-electron chi connectivity index (χ3n) is 2.59. The molecule has 1 aromatic carbocycles. The highest BCUT2D eigenvalue weighted by Gasteiger charge is 2.12. The van der Waals surface area contributed by atoms with E-state index in [1.165, 1.54) is 6.42 Å². The van der Waals surface area contributed by atoms with Crippen LogP contribution in [0.5, 0.6) is 5.75 Å². The number of carbonyl (C=O) groups excluding carboxylic acids is 1. The van der Waals surface area contributed by atoms with Crippen molar-refractivity contribution >= 4 is 23.4 Å². The quantitative estimate of drug-likeness (QED) is 0.768. The van der Waals surface area contributed by atoms with Gasteiger partial charge < -0.3 is 10.1 Å². The second kappa shape index (κ2) is 8.03. The zero-order chi connectivity index (χ0) is 13.4. The molecule has 4 heteroatoms. The van der Waals surface area contributed by atoms with E-state index >= 15 is 0 Å². The predicted octanol–water partition coefficient (Wildman–Crippen LogP) is 3.56. The van der Waals surface area contributed by atoms with E-state index in [1.54, 1.807) is 18.9 Å². The van der Waals surface area contributed by atoms with Crippen molar-refractivity contribution in [2.24, 2.45) is 0 Å². The summed E-state index contributed by atoms with van der Waals surface area (Å²) in [5.41, 5.74) is 0.809. The number of ether oxygens (including phenoxy) is 1. The Labute approximate surface area is 113 Å². The van der Waals surface area contributed by atoms with Crippen molar-refractivity contribution in [1.82, 2.24) is 0 Å². The van der Waals surface area contributed by atoms with Crippen molar-refractivity contribution in [3.63, 3.8) is 0 Å². The lowest BCUT2D eigenvalue weighted by atomic mass is 10.3. The minimum atomic E-state index is -0.0151. The molecule has 0 fully saturated rings. The van der Waals surface area contributed by atoms with E-state index in [1.807, 2.05) is 31.2 Å². The number of amides is 1. The van der Waals surface area contributed by atoms with Crippen LogP contribution in [0.2, 0.25) is 0 Å². The molecule has 1 amide bonds. The van der Waals surface area contributed by atoms with Gasteiger partial charge in [0.1, 0.15) is 5.75 Å². The molecule has 0 aliphatic rings. The summed E-state index contributed by atoms with van der Waals surface area (Å²) in [6, 6.07) is 7.37. The van der Waals surface area contributed by atoms with Crippen LogP contribution in [-0.2, 0) is 4.79 Å². The zero-order valence-electron chi connectivity index (χ0n) is 11.2. The van der Waals surface area contributed by atoms with Crippen molar-refractivity contribution in [1.29, 1.82) is 0 Å². The number of hydrogen-bond donors (Lipinski definition) is 1. The maximum Gasteiger partial charge on any atom is 0.237 e. The van der Waals surface area contributed by atoms with Gasteiger partial charge in [-0.15, -0.1) is 11.8 Å². The maximum absolute atomic E-state index is 11.9. The number of nitrogens with one attached hydrogen (secondary N) is 1. The van der Waals surface area contributed by atoms with Gasteiger partial charge in [-0.3, -0.25) is 4.79 Å². The molecule has 1 rings (SSSR count). The van der Waals surface area contributed by atoms with Crippen LogP contribution in [0.4, 0.5) is 5.69 Å². The molecule has 0 spiro atoms. The van der Waals surface area contributed by atoms with Gasteiger partial charge in [0.15, 0.2) is 0 Å². The highest BCUT2D eigenvalue weighted by molar-refractivity contribution is 8.00. The molecule has 0 aliphatic heterocycles. The molecule has 0 aromatic heterocycles. The van der Waals surface area contributed by atoms with Gasteiger partial charge in [-0.1, -0.05) is 13.3 Å². The largest absolute Gasteiger partial charge is 0.497 e. The Balaban J connectivity index is 2.42. The monoisotopic (exact) mass is 267 g/mol. The molecule has 0 aliphatic carbocycles. The molecule has 0 radical (unpaired) electrons. The van der Waals surface area contributed by atoms with Gasteiger partial charge in [0.05, 0.1) is 12.4 Å². The normalized spacial score (nSPS) is 11.9. The lowest BCUT2D eigenvalue weighted by Gasteiger charge is -2.12. The first kappa shape index (κ1) is 14.9. The summed E-state index contributed by atoms with van der Waals surface area (Å²) in [5, 5.41) is 2.89. The molecule has 1 aromatic rings. The second-order valence-electron chi connectivity index (χ2n) is 4.08. The number of unbranched alkanes of at least 4 members (excludes halogenated alkanes) is 1. The van der Waals surface area contributed by atoms with Gasteiger partial charge in [0, 0.05) is 5.69 Å². The molecule has 0 saturated heterocycles. The van der Waals surface area contributed by atoms with E-state index < -0.39 is 0 Å². The summed E-state index contributed by atoms with van der Waals surface area (Å²) in [6.07, 6.45) is 2.32. The molecule has 0 saturated carbocycles. The van der Waals surface area contributed by atoms with Crippen LogP contribution in [0.1, 0.15) is 26.7 Å². The van der Waals surface area contributed by atoms with Crippen LogP contribution in [0.15, 0.2) is 24.3 Å². The first-order valence-electron chi connectivity index (χ1n) is 6.24. The zero-order valence-corrected chi connectivity index (χ0v) is 12.0. The Morgan fingerprint density at radius 3 is 2.61 bits per heavy atom. The Morgan fingerprint density at radius 1 is 1.39 bits per heavy atom. The summed E-state index contributed by atoms with van der Waals surface area (Å²) < 4.78 is 5.07. The summed E-state index contributed by atoms with van der Waals surface area (Å²) in [7, 11) is 1.63. The first-order chi connectivity index (χ1) is 8.67. The lowest BCUT2D eigenvalue weighted by molar-refractivity contribution is -0.115. The Kier molecular flexibility index (Phi) is 6.65. The average molecular weight is 267 g/mol. The topological polar surface area (TPSA) is 38.3 Å². The highest BCUT2D eigenvalue weighted by Crippen LogP contribution is 2.18. The lowest BCUT2D eigenvalue weighted by Crippen LogP contribution is -2.22. The molecule has 1 N–H and O–H groups in total. The molecular weight excluding hydrogens is 246 g/mol. The summed E-state index contributed by atoms with van der Waals surface area (Å²) in [6.45, 7) is 4.10. The standard InChI is InChI=1S/C14H21NO2S/c1-4-5-10-18-11(2)14(16)15-12-6-8-13(17-3)9-7-12/h6-9,11H,4-5,10H2,1-3H3,(H,15,16). The molecule has 18 heavy (non-hydrogen) atoms. The first-order valence-corrected chi connectivity index (χ1v) is 7.28. The number of thioether (sulfide) groups is 1. The Hall–Kier alpha value is -1.16.